The number of aliphatic imine (C=N–C) groups is 1. The van der Waals surface area contributed by atoms with E-state index in [1.807, 2.05) is 6.07 Å². The molecule has 0 spiro atoms. The number of benzene rings is 1. The quantitative estimate of drug-likeness (QED) is 0.271. The van der Waals surface area contributed by atoms with Gasteiger partial charge in [-0.3, -0.25) is 4.99 Å². The molecule has 1 atom stereocenters. The second-order valence-electron chi connectivity index (χ2n) is 6.81. The van der Waals surface area contributed by atoms with Gasteiger partial charge < -0.3 is 20.1 Å². The summed E-state index contributed by atoms with van der Waals surface area (Å²) < 4.78 is 11.2. The zero-order valence-electron chi connectivity index (χ0n) is 15.6. The van der Waals surface area contributed by atoms with Crippen molar-refractivity contribution < 1.29 is 9.47 Å². The average Bonchev–Trinajstić information content (AvgIpc) is 3.11. The Morgan fingerprint density at radius 3 is 2.68 bits per heavy atom. The Hall–Kier alpha value is -0.860. The Balaban J connectivity index is 0.00000312. The zero-order valence-corrected chi connectivity index (χ0v) is 17.9. The smallest absolute Gasteiger partial charge is 0.191 e. The van der Waals surface area contributed by atoms with Crippen LogP contribution < -0.4 is 10.6 Å². The van der Waals surface area contributed by atoms with Gasteiger partial charge >= 0.3 is 0 Å². The summed E-state index contributed by atoms with van der Waals surface area (Å²) in [5.41, 5.74) is 1.35. The molecule has 2 N–H and O–H groups in total. The van der Waals surface area contributed by atoms with E-state index in [2.05, 4.69) is 53.7 Å². The molecule has 1 aliphatic rings. The van der Waals surface area contributed by atoms with Crippen LogP contribution in [0.1, 0.15) is 32.3 Å². The summed E-state index contributed by atoms with van der Waals surface area (Å²) in [4.78, 5) is 4.27. The van der Waals surface area contributed by atoms with E-state index in [9.17, 15) is 0 Å². The molecule has 1 fully saturated rings. The predicted molar refractivity (Wildman–Crippen MR) is 114 cm³/mol. The number of rotatable bonds is 8. The van der Waals surface area contributed by atoms with E-state index in [0.717, 1.165) is 38.5 Å². The average molecular weight is 461 g/mol. The number of hydrogen-bond acceptors (Lipinski definition) is 3. The van der Waals surface area contributed by atoms with Gasteiger partial charge in [-0.05, 0) is 18.4 Å². The highest BCUT2D eigenvalue weighted by atomic mass is 127. The maximum Gasteiger partial charge on any atom is 0.191 e. The van der Waals surface area contributed by atoms with Crippen molar-refractivity contribution in [3.8, 4) is 0 Å². The van der Waals surface area contributed by atoms with Crippen molar-refractivity contribution >= 4 is 29.9 Å². The van der Waals surface area contributed by atoms with Crippen LogP contribution in [0.3, 0.4) is 0 Å². The molecule has 1 unspecified atom stereocenters. The maximum atomic E-state index is 5.66. The number of nitrogens with one attached hydrogen (secondary N) is 2. The highest BCUT2D eigenvalue weighted by Gasteiger charge is 2.20. The van der Waals surface area contributed by atoms with E-state index in [0.29, 0.717) is 13.2 Å². The molecule has 1 saturated heterocycles. The summed E-state index contributed by atoms with van der Waals surface area (Å²) in [6.07, 6.45) is 2.56. The molecule has 1 heterocycles. The Labute approximate surface area is 169 Å². The maximum absolute atomic E-state index is 5.66. The number of hydrogen-bond donors (Lipinski definition) is 2. The van der Waals surface area contributed by atoms with E-state index in [4.69, 9.17) is 9.47 Å². The molecular formula is C19H32IN3O2. The third-order valence-corrected chi connectivity index (χ3v) is 4.34. The summed E-state index contributed by atoms with van der Waals surface area (Å²) in [5, 5.41) is 6.69. The van der Waals surface area contributed by atoms with Crippen molar-refractivity contribution in [1.82, 2.24) is 10.6 Å². The summed E-state index contributed by atoms with van der Waals surface area (Å²) in [7, 11) is 1.79. The molecule has 0 saturated carbocycles. The van der Waals surface area contributed by atoms with Gasteiger partial charge in [0, 0.05) is 32.2 Å². The summed E-state index contributed by atoms with van der Waals surface area (Å²) >= 11 is 0. The van der Waals surface area contributed by atoms with Gasteiger partial charge in [-0.2, -0.15) is 0 Å². The van der Waals surface area contributed by atoms with Crippen molar-refractivity contribution in [2.75, 3.05) is 40.0 Å². The van der Waals surface area contributed by atoms with E-state index in [1.165, 1.54) is 5.56 Å². The fourth-order valence-electron chi connectivity index (χ4n) is 2.75. The van der Waals surface area contributed by atoms with Gasteiger partial charge in [0.25, 0.3) is 0 Å². The number of halogens is 1. The zero-order chi connectivity index (χ0) is 17.3. The molecule has 0 bridgehead atoms. The Morgan fingerprint density at radius 2 is 2.04 bits per heavy atom. The largest absolute Gasteiger partial charge is 0.377 e. The molecule has 1 aliphatic heterocycles. The van der Waals surface area contributed by atoms with E-state index >= 15 is 0 Å². The lowest BCUT2D eigenvalue weighted by Crippen LogP contribution is -2.44. The number of guanidine groups is 1. The highest BCUT2D eigenvalue weighted by Crippen LogP contribution is 2.21. The van der Waals surface area contributed by atoms with Crippen LogP contribution in [0.15, 0.2) is 35.3 Å². The van der Waals surface area contributed by atoms with Crippen molar-refractivity contribution in [3.05, 3.63) is 35.9 Å². The third kappa shape index (κ3) is 7.92. The van der Waals surface area contributed by atoms with Crippen LogP contribution in [-0.4, -0.2) is 52.0 Å². The molecule has 0 radical (unpaired) electrons. The first-order chi connectivity index (χ1) is 11.6. The molecule has 142 valence electrons. The minimum atomic E-state index is 0. The molecule has 25 heavy (non-hydrogen) atoms. The van der Waals surface area contributed by atoms with E-state index in [-0.39, 0.29) is 35.5 Å². The Morgan fingerprint density at radius 1 is 1.28 bits per heavy atom. The van der Waals surface area contributed by atoms with Gasteiger partial charge in [0.2, 0.25) is 0 Å². The van der Waals surface area contributed by atoms with E-state index in [1.54, 1.807) is 7.05 Å². The minimum Gasteiger partial charge on any atom is -0.377 e. The van der Waals surface area contributed by atoms with Crippen molar-refractivity contribution in [3.63, 3.8) is 0 Å². The minimum absolute atomic E-state index is 0. The first-order valence-corrected chi connectivity index (χ1v) is 8.81. The van der Waals surface area contributed by atoms with Gasteiger partial charge in [-0.15, -0.1) is 24.0 Å². The number of ether oxygens (including phenoxy) is 2. The van der Waals surface area contributed by atoms with Crippen LogP contribution in [0.4, 0.5) is 0 Å². The normalized spacial score (nSPS) is 17.9. The molecular weight excluding hydrogens is 429 g/mol. The lowest BCUT2D eigenvalue weighted by atomic mass is 9.85. The van der Waals surface area contributed by atoms with Crippen LogP contribution in [-0.2, 0) is 14.9 Å². The van der Waals surface area contributed by atoms with Crippen LogP contribution >= 0.6 is 24.0 Å². The second kappa shape index (κ2) is 11.7. The van der Waals surface area contributed by atoms with Gasteiger partial charge in [-0.25, -0.2) is 0 Å². The van der Waals surface area contributed by atoms with Gasteiger partial charge in [-0.1, -0.05) is 44.2 Å². The monoisotopic (exact) mass is 461 g/mol. The molecule has 1 aromatic carbocycles. The molecule has 0 aromatic heterocycles. The van der Waals surface area contributed by atoms with Crippen LogP contribution in [0.2, 0.25) is 0 Å². The summed E-state index contributed by atoms with van der Waals surface area (Å²) in [6, 6.07) is 10.5. The van der Waals surface area contributed by atoms with Gasteiger partial charge in [0.15, 0.2) is 5.96 Å². The highest BCUT2D eigenvalue weighted by molar-refractivity contribution is 14.0. The topological polar surface area (TPSA) is 54.9 Å². The summed E-state index contributed by atoms with van der Waals surface area (Å²) in [6.45, 7) is 8.23. The fourth-order valence-corrected chi connectivity index (χ4v) is 2.75. The van der Waals surface area contributed by atoms with Crippen molar-refractivity contribution in [1.29, 1.82) is 0 Å². The van der Waals surface area contributed by atoms with Crippen molar-refractivity contribution in [2.24, 2.45) is 4.99 Å². The van der Waals surface area contributed by atoms with Gasteiger partial charge in [0.1, 0.15) is 0 Å². The van der Waals surface area contributed by atoms with Crippen LogP contribution in [0.5, 0.6) is 0 Å². The molecule has 2 rings (SSSR count). The molecule has 6 heteroatoms. The second-order valence-corrected chi connectivity index (χ2v) is 6.81. The molecule has 5 nitrogen and oxygen atoms in total. The molecule has 0 amide bonds. The Bertz CT molecular complexity index is 503. The molecule has 1 aromatic rings. The first kappa shape index (κ1) is 22.2. The summed E-state index contributed by atoms with van der Waals surface area (Å²) in [5.74, 6) is 0.805. The van der Waals surface area contributed by atoms with Crippen LogP contribution in [0, 0.1) is 0 Å². The predicted octanol–water partition coefficient (Wildman–Crippen LogP) is 2.94. The van der Waals surface area contributed by atoms with Gasteiger partial charge in [0.05, 0.1) is 19.3 Å². The standard InChI is InChI=1S/C19H31N3O2.HI/c1-19(2,16-8-5-4-6-9-16)15-22-18(20-3)21-11-13-23-14-17-10-7-12-24-17;/h4-6,8-9,17H,7,10-15H2,1-3H3,(H2,20,21,22);1H. The fraction of sp³-hybridized carbons (Fsp3) is 0.632. The van der Waals surface area contributed by atoms with E-state index < -0.39 is 0 Å². The first-order valence-electron chi connectivity index (χ1n) is 8.81. The number of nitrogens with zero attached hydrogens (tertiary/aromatic N) is 1. The Kier molecular flexibility index (Phi) is 10.4. The third-order valence-electron chi connectivity index (χ3n) is 4.34. The lowest BCUT2D eigenvalue weighted by Gasteiger charge is -2.26. The van der Waals surface area contributed by atoms with Crippen LogP contribution in [0.25, 0.3) is 0 Å². The molecule has 0 aliphatic carbocycles. The SMILES string of the molecule is CN=C(NCCOCC1CCCO1)NCC(C)(C)c1ccccc1.I. The lowest BCUT2D eigenvalue weighted by molar-refractivity contribution is 0.0191. The van der Waals surface area contributed by atoms with Crippen molar-refractivity contribution in [2.45, 2.75) is 38.2 Å².